The van der Waals surface area contributed by atoms with Gasteiger partial charge in [-0.2, -0.15) is 0 Å². The number of halogens is 2. The third-order valence-corrected chi connectivity index (χ3v) is 3.96. The maximum Gasteiger partial charge on any atom is 0.323 e. The second-order valence-corrected chi connectivity index (χ2v) is 5.83. The van der Waals surface area contributed by atoms with Crippen LogP contribution < -0.4 is 5.32 Å². The van der Waals surface area contributed by atoms with E-state index in [2.05, 4.69) is 5.32 Å². The van der Waals surface area contributed by atoms with Crippen molar-refractivity contribution < 1.29 is 9.59 Å². The van der Waals surface area contributed by atoms with Gasteiger partial charge in [-0.1, -0.05) is 23.2 Å². The van der Waals surface area contributed by atoms with Gasteiger partial charge in [-0.25, -0.2) is 4.79 Å². The highest BCUT2D eigenvalue weighted by molar-refractivity contribution is 6.36. The molecule has 0 aromatic heterocycles. The summed E-state index contributed by atoms with van der Waals surface area (Å²) in [5, 5.41) is 3.57. The van der Waals surface area contributed by atoms with Gasteiger partial charge in [0, 0.05) is 11.1 Å². The number of rotatable bonds is 2. The Hall–Kier alpha value is -1.46. The van der Waals surface area contributed by atoms with Crippen LogP contribution in [-0.2, 0) is 4.79 Å². The van der Waals surface area contributed by atoms with Gasteiger partial charge in [0.15, 0.2) is 0 Å². The first-order valence-electron chi connectivity index (χ1n) is 6.35. The van der Waals surface area contributed by atoms with Gasteiger partial charge in [0.25, 0.3) is 0 Å². The number of nitrogens with one attached hydrogen (secondary N) is 1. The van der Waals surface area contributed by atoms with Crippen molar-refractivity contribution in [3.63, 3.8) is 0 Å². The van der Waals surface area contributed by atoms with Crippen molar-refractivity contribution in [2.75, 3.05) is 18.5 Å². The van der Waals surface area contributed by atoms with E-state index in [9.17, 15) is 9.59 Å². The molecule has 1 aromatic carbocycles. The molecule has 0 unspecified atom stereocenters. The molecule has 2 aliphatic rings. The first-order chi connectivity index (χ1) is 9.54. The molecule has 5 nitrogen and oxygen atoms in total. The fourth-order valence-electron chi connectivity index (χ4n) is 2.19. The quantitative estimate of drug-likeness (QED) is 0.912. The number of hydrogen-bond acceptors (Lipinski definition) is 2. The summed E-state index contributed by atoms with van der Waals surface area (Å²) >= 11 is 11.8. The molecule has 106 valence electrons. The Morgan fingerprint density at radius 3 is 2.70 bits per heavy atom. The molecule has 1 saturated heterocycles. The van der Waals surface area contributed by atoms with E-state index >= 15 is 0 Å². The lowest BCUT2D eigenvalue weighted by molar-refractivity contribution is -0.127. The van der Waals surface area contributed by atoms with E-state index in [1.807, 2.05) is 0 Å². The number of nitrogens with zero attached hydrogens (tertiary/aromatic N) is 2. The average Bonchev–Trinajstić information content (AvgIpc) is 3.16. The van der Waals surface area contributed by atoms with Gasteiger partial charge in [-0.3, -0.25) is 9.69 Å². The first-order valence-corrected chi connectivity index (χ1v) is 7.10. The fourth-order valence-corrected chi connectivity index (χ4v) is 2.65. The van der Waals surface area contributed by atoms with E-state index in [0.29, 0.717) is 28.4 Å². The highest BCUT2D eigenvalue weighted by Crippen LogP contribution is 2.30. The standard InChI is InChI=1S/C13H13Cl2N3O2/c14-8-1-4-11(10(15)5-8)16-13(20)17-6-12(19)18(7-17)9-2-3-9/h1,4-5,9H,2-3,6-7H2,(H,16,20). The Morgan fingerprint density at radius 2 is 2.05 bits per heavy atom. The van der Waals surface area contributed by atoms with Crippen LogP contribution in [0.3, 0.4) is 0 Å². The van der Waals surface area contributed by atoms with Gasteiger partial charge in [0.05, 0.1) is 17.4 Å². The molecule has 2 fully saturated rings. The molecular formula is C13H13Cl2N3O2. The lowest BCUT2D eigenvalue weighted by atomic mass is 10.3. The van der Waals surface area contributed by atoms with Crippen LogP contribution in [0.4, 0.5) is 10.5 Å². The molecule has 1 aliphatic carbocycles. The molecule has 0 radical (unpaired) electrons. The summed E-state index contributed by atoms with van der Waals surface area (Å²) in [4.78, 5) is 27.2. The van der Waals surface area contributed by atoms with E-state index in [-0.39, 0.29) is 18.5 Å². The van der Waals surface area contributed by atoms with Gasteiger partial charge >= 0.3 is 6.03 Å². The lowest BCUT2D eigenvalue weighted by Gasteiger charge is -2.18. The monoisotopic (exact) mass is 313 g/mol. The number of benzene rings is 1. The van der Waals surface area contributed by atoms with Crippen LogP contribution >= 0.6 is 23.2 Å². The fraction of sp³-hybridized carbons (Fsp3) is 0.385. The van der Waals surface area contributed by atoms with Gasteiger partial charge in [-0.05, 0) is 31.0 Å². The SMILES string of the molecule is O=C(Nc1ccc(Cl)cc1Cl)N1CC(=O)N(C2CC2)C1. The average molecular weight is 314 g/mol. The Morgan fingerprint density at radius 1 is 1.30 bits per heavy atom. The van der Waals surface area contributed by atoms with Crippen LogP contribution in [-0.4, -0.2) is 41.0 Å². The minimum Gasteiger partial charge on any atom is -0.320 e. The first kappa shape index (κ1) is 13.5. The maximum atomic E-state index is 12.1. The van der Waals surface area contributed by atoms with Gasteiger partial charge in [0.1, 0.15) is 6.54 Å². The zero-order chi connectivity index (χ0) is 14.3. The van der Waals surface area contributed by atoms with Crippen LogP contribution in [0, 0.1) is 0 Å². The summed E-state index contributed by atoms with van der Waals surface area (Å²) in [5.74, 6) is 0.00449. The van der Waals surface area contributed by atoms with Gasteiger partial charge in [-0.15, -0.1) is 0 Å². The van der Waals surface area contributed by atoms with Crippen molar-refractivity contribution in [1.29, 1.82) is 0 Å². The molecule has 0 atom stereocenters. The highest BCUT2D eigenvalue weighted by Gasteiger charge is 2.39. The van der Waals surface area contributed by atoms with Gasteiger partial charge in [0.2, 0.25) is 5.91 Å². The molecule has 3 rings (SSSR count). The topological polar surface area (TPSA) is 52.7 Å². The molecule has 1 aliphatic heterocycles. The highest BCUT2D eigenvalue weighted by atomic mass is 35.5. The summed E-state index contributed by atoms with van der Waals surface area (Å²) in [6.07, 6.45) is 2.06. The largest absolute Gasteiger partial charge is 0.323 e. The van der Waals surface area contributed by atoms with E-state index in [4.69, 9.17) is 23.2 Å². The minimum atomic E-state index is -0.328. The second kappa shape index (κ2) is 5.14. The number of hydrogen-bond donors (Lipinski definition) is 1. The van der Waals surface area contributed by atoms with E-state index < -0.39 is 0 Å². The van der Waals surface area contributed by atoms with E-state index in [1.165, 1.54) is 4.90 Å². The van der Waals surface area contributed by atoms with Crippen molar-refractivity contribution in [3.8, 4) is 0 Å². The van der Waals surface area contributed by atoms with E-state index in [1.54, 1.807) is 23.1 Å². The zero-order valence-electron chi connectivity index (χ0n) is 10.6. The predicted octanol–water partition coefficient (Wildman–Crippen LogP) is 2.79. The van der Waals surface area contributed by atoms with Crippen molar-refractivity contribution in [2.45, 2.75) is 18.9 Å². The van der Waals surface area contributed by atoms with Crippen molar-refractivity contribution in [3.05, 3.63) is 28.2 Å². The van der Waals surface area contributed by atoms with Crippen molar-refractivity contribution in [1.82, 2.24) is 9.80 Å². The Bertz CT molecular complexity index is 575. The van der Waals surface area contributed by atoms with Crippen LogP contribution in [0.1, 0.15) is 12.8 Å². The number of urea groups is 1. The normalized spacial score (nSPS) is 18.6. The molecule has 7 heteroatoms. The molecular weight excluding hydrogens is 301 g/mol. The van der Waals surface area contributed by atoms with E-state index in [0.717, 1.165) is 12.8 Å². The third kappa shape index (κ3) is 2.69. The summed E-state index contributed by atoms with van der Waals surface area (Å²) in [6.45, 7) is 0.466. The van der Waals surface area contributed by atoms with Crippen molar-refractivity contribution in [2.24, 2.45) is 0 Å². The van der Waals surface area contributed by atoms with Crippen LogP contribution in [0.15, 0.2) is 18.2 Å². The molecule has 3 amide bonds. The summed E-state index contributed by atoms with van der Waals surface area (Å²) in [6, 6.07) is 4.84. The molecule has 1 heterocycles. The summed E-state index contributed by atoms with van der Waals surface area (Å²) < 4.78 is 0. The summed E-state index contributed by atoms with van der Waals surface area (Å²) in [7, 11) is 0. The summed E-state index contributed by atoms with van der Waals surface area (Å²) in [5.41, 5.74) is 0.485. The molecule has 1 saturated carbocycles. The third-order valence-electron chi connectivity index (χ3n) is 3.42. The number of anilines is 1. The van der Waals surface area contributed by atoms with Crippen LogP contribution in [0.2, 0.25) is 10.0 Å². The number of carbonyl (C=O) groups is 2. The zero-order valence-corrected chi connectivity index (χ0v) is 12.1. The van der Waals surface area contributed by atoms with Crippen LogP contribution in [0.5, 0.6) is 0 Å². The van der Waals surface area contributed by atoms with Crippen LogP contribution in [0.25, 0.3) is 0 Å². The molecule has 1 aromatic rings. The smallest absolute Gasteiger partial charge is 0.320 e. The maximum absolute atomic E-state index is 12.1. The Kier molecular flexibility index (Phi) is 3.48. The minimum absolute atomic E-state index is 0.00449. The number of carbonyl (C=O) groups excluding carboxylic acids is 2. The Labute approximate surface area is 126 Å². The number of amides is 3. The van der Waals surface area contributed by atoms with Gasteiger partial charge < -0.3 is 10.2 Å². The Balaban J connectivity index is 1.66. The predicted molar refractivity (Wildman–Crippen MR) is 76.9 cm³/mol. The molecule has 20 heavy (non-hydrogen) atoms. The molecule has 1 N–H and O–H groups in total. The lowest BCUT2D eigenvalue weighted by Crippen LogP contribution is -2.35. The molecule has 0 bridgehead atoms. The molecule has 0 spiro atoms. The second-order valence-electron chi connectivity index (χ2n) is 4.99. The van der Waals surface area contributed by atoms with Crippen molar-refractivity contribution >= 4 is 40.8 Å².